The smallest absolute Gasteiger partial charge is 0.250 e. The van der Waals surface area contributed by atoms with E-state index in [2.05, 4.69) is 0 Å². The Labute approximate surface area is 122 Å². The zero-order valence-corrected chi connectivity index (χ0v) is 11.5. The van der Waals surface area contributed by atoms with E-state index in [1.807, 2.05) is 42.5 Å². The van der Waals surface area contributed by atoms with E-state index in [0.717, 1.165) is 16.5 Å². The van der Waals surface area contributed by atoms with Gasteiger partial charge in [0, 0.05) is 23.3 Å². The Balaban J connectivity index is 1.75. The second-order valence-electron chi connectivity index (χ2n) is 4.82. The van der Waals surface area contributed by atoms with Gasteiger partial charge in [-0.15, -0.1) is 0 Å². The van der Waals surface area contributed by atoms with Gasteiger partial charge < -0.3 is 15.0 Å². The lowest BCUT2D eigenvalue weighted by molar-refractivity contribution is 0.300. The second-order valence-corrected chi connectivity index (χ2v) is 4.82. The van der Waals surface area contributed by atoms with Crippen molar-refractivity contribution in [2.75, 3.05) is 12.3 Å². The van der Waals surface area contributed by atoms with Crippen LogP contribution in [0, 0.1) is 0 Å². The van der Waals surface area contributed by atoms with E-state index in [9.17, 15) is 4.79 Å². The zero-order chi connectivity index (χ0) is 14.7. The Morgan fingerprint density at radius 3 is 2.71 bits per heavy atom. The van der Waals surface area contributed by atoms with Crippen LogP contribution in [-0.2, 0) is 6.54 Å². The standard InChI is InChI=1S/C17H16N2O2/c18-14-8-9-17(20)19(12-14)10-11-21-16-7-3-5-13-4-1-2-6-15(13)16/h1-9,12H,10-11,18H2. The molecule has 3 rings (SSSR count). The van der Waals surface area contributed by atoms with Gasteiger partial charge in [0.05, 0.1) is 6.54 Å². The molecule has 2 aromatic carbocycles. The van der Waals surface area contributed by atoms with Gasteiger partial charge in [0.2, 0.25) is 0 Å². The van der Waals surface area contributed by atoms with Gasteiger partial charge in [0.25, 0.3) is 5.56 Å². The van der Waals surface area contributed by atoms with Gasteiger partial charge in [-0.3, -0.25) is 4.79 Å². The summed E-state index contributed by atoms with van der Waals surface area (Å²) in [4.78, 5) is 11.7. The second kappa shape index (κ2) is 5.71. The average molecular weight is 280 g/mol. The molecular formula is C17H16N2O2. The summed E-state index contributed by atoms with van der Waals surface area (Å²) in [5.41, 5.74) is 6.18. The molecule has 4 nitrogen and oxygen atoms in total. The first-order chi connectivity index (χ1) is 10.2. The molecular weight excluding hydrogens is 264 g/mol. The highest BCUT2D eigenvalue weighted by molar-refractivity contribution is 5.88. The van der Waals surface area contributed by atoms with E-state index in [1.54, 1.807) is 16.8 Å². The highest BCUT2D eigenvalue weighted by Crippen LogP contribution is 2.24. The average Bonchev–Trinajstić information content (AvgIpc) is 2.51. The van der Waals surface area contributed by atoms with Gasteiger partial charge >= 0.3 is 0 Å². The fraction of sp³-hybridized carbons (Fsp3) is 0.118. The lowest BCUT2D eigenvalue weighted by Crippen LogP contribution is -2.22. The van der Waals surface area contributed by atoms with Crippen molar-refractivity contribution in [2.45, 2.75) is 6.54 Å². The van der Waals surface area contributed by atoms with Crippen molar-refractivity contribution >= 4 is 16.5 Å². The van der Waals surface area contributed by atoms with Crippen LogP contribution in [0.15, 0.2) is 65.6 Å². The van der Waals surface area contributed by atoms with Crippen LogP contribution in [-0.4, -0.2) is 11.2 Å². The Bertz CT molecular complexity index is 819. The van der Waals surface area contributed by atoms with Crippen molar-refractivity contribution in [3.63, 3.8) is 0 Å². The number of nitrogen functional groups attached to an aromatic ring is 1. The van der Waals surface area contributed by atoms with E-state index < -0.39 is 0 Å². The summed E-state index contributed by atoms with van der Waals surface area (Å²) >= 11 is 0. The predicted octanol–water partition coefficient (Wildman–Crippen LogP) is 2.66. The molecule has 3 aromatic rings. The number of nitrogens with two attached hydrogens (primary N) is 1. The minimum absolute atomic E-state index is 0.0780. The molecule has 0 aliphatic rings. The van der Waals surface area contributed by atoms with Crippen LogP contribution in [0.3, 0.4) is 0 Å². The molecule has 0 spiro atoms. The van der Waals surface area contributed by atoms with Crippen molar-refractivity contribution in [3.8, 4) is 5.75 Å². The molecule has 0 saturated heterocycles. The molecule has 0 aliphatic heterocycles. The first-order valence-electron chi connectivity index (χ1n) is 6.80. The van der Waals surface area contributed by atoms with Crippen LogP contribution in [0.4, 0.5) is 5.69 Å². The molecule has 0 aliphatic carbocycles. The molecule has 0 fully saturated rings. The maximum absolute atomic E-state index is 11.7. The monoisotopic (exact) mass is 280 g/mol. The van der Waals surface area contributed by atoms with Crippen LogP contribution < -0.4 is 16.0 Å². The third-order valence-corrected chi connectivity index (χ3v) is 3.35. The number of hydrogen-bond acceptors (Lipinski definition) is 3. The SMILES string of the molecule is Nc1ccc(=O)n(CCOc2cccc3ccccc23)c1. The van der Waals surface area contributed by atoms with Gasteiger partial charge in [0.1, 0.15) is 12.4 Å². The fourth-order valence-electron chi connectivity index (χ4n) is 2.30. The minimum Gasteiger partial charge on any atom is -0.491 e. The van der Waals surface area contributed by atoms with Crippen LogP contribution >= 0.6 is 0 Å². The number of aromatic nitrogens is 1. The first kappa shape index (κ1) is 13.2. The summed E-state index contributed by atoms with van der Waals surface area (Å²) in [7, 11) is 0. The molecule has 106 valence electrons. The maximum Gasteiger partial charge on any atom is 0.250 e. The van der Waals surface area contributed by atoms with Gasteiger partial charge in [-0.2, -0.15) is 0 Å². The topological polar surface area (TPSA) is 57.2 Å². The van der Waals surface area contributed by atoms with Gasteiger partial charge in [0.15, 0.2) is 0 Å². The van der Waals surface area contributed by atoms with Crippen LogP contribution in [0.25, 0.3) is 10.8 Å². The van der Waals surface area contributed by atoms with E-state index in [4.69, 9.17) is 10.5 Å². The number of nitrogens with zero attached hydrogens (tertiary/aromatic N) is 1. The van der Waals surface area contributed by atoms with Crippen LogP contribution in [0.5, 0.6) is 5.75 Å². The van der Waals surface area contributed by atoms with Crippen LogP contribution in [0.2, 0.25) is 0 Å². The quantitative estimate of drug-likeness (QED) is 0.799. The van der Waals surface area contributed by atoms with E-state index in [-0.39, 0.29) is 5.56 Å². The molecule has 2 N–H and O–H groups in total. The molecule has 0 atom stereocenters. The lowest BCUT2D eigenvalue weighted by atomic mass is 10.1. The van der Waals surface area contributed by atoms with Gasteiger partial charge in [-0.1, -0.05) is 36.4 Å². The summed E-state index contributed by atoms with van der Waals surface area (Å²) in [6.45, 7) is 0.879. The van der Waals surface area contributed by atoms with Gasteiger partial charge in [-0.25, -0.2) is 0 Å². The van der Waals surface area contributed by atoms with E-state index >= 15 is 0 Å². The molecule has 0 amide bonds. The Hall–Kier alpha value is -2.75. The summed E-state index contributed by atoms with van der Waals surface area (Å²) in [5, 5.41) is 2.20. The normalized spacial score (nSPS) is 10.7. The number of rotatable bonds is 4. The maximum atomic E-state index is 11.7. The number of hydrogen-bond donors (Lipinski definition) is 1. The van der Waals surface area contributed by atoms with Crippen molar-refractivity contribution in [1.29, 1.82) is 0 Å². The third-order valence-electron chi connectivity index (χ3n) is 3.35. The molecule has 4 heteroatoms. The predicted molar refractivity (Wildman–Crippen MR) is 84.6 cm³/mol. The number of anilines is 1. The number of ether oxygens (including phenoxy) is 1. The van der Waals surface area contributed by atoms with Crippen LogP contribution in [0.1, 0.15) is 0 Å². The van der Waals surface area contributed by atoms with Crippen molar-refractivity contribution < 1.29 is 4.74 Å². The fourth-order valence-corrected chi connectivity index (χ4v) is 2.30. The Morgan fingerprint density at radius 2 is 1.81 bits per heavy atom. The largest absolute Gasteiger partial charge is 0.491 e. The van der Waals surface area contributed by atoms with E-state index in [1.165, 1.54) is 6.07 Å². The number of pyridine rings is 1. The molecule has 0 bridgehead atoms. The summed E-state index contributed by atoms with van der Waals surface area (Å²) in [6, 6.07) is 17.1. The summed E-state index contributed by atoms with van der Waals surface area (Å²) in [5.74, 6) is 0.824. The number of fused-ring (bicyclic) bond motifs is 1. The summed E-state index contributed by atoms with van der Waals surface area (Å²) in [6.07, 6.45) is 1.63. The summed E-state index contributed by atoms with van der Waals surface area (Å²) < 4.78 is 7.37. The molecule has 21 heavy (non-hydrogen) atoms. The third kappa shape index (κ3) is 2.89. The molecule has 1 heterocycles. The molecule has 0 unspecified atom stereocenters. The lowest BCUT2D eigenvalue weighted by Gasteiger charge is -2.10. The molecule has 0 radical (unpaired) electrons. The van der Waals surface area contributed by atoms with Gasteiger partial charge in [-0.05, 0) is 17.5 Å². The minimum atomic E-state index is -0.0780. The molecule has 0 saturated carbocycles. The van der Waals surface area contributed by atoms with Crippen molar-refractivity contribution in [2.24, 2.45) is 0 Å². The highest BCUT2D eigenvalue weighted by atomic mass is 16.5. The van der Waals surface area contributed by atoms with Crippen molar-refractivity contribution in [1.82, 2.24) is 4.57 Å². The van der Waals surface area contributed by atoms with Crippen molar-refractivity contribution in [3.05, 3.63) is 71.1 Å². The Kier molecular flexibility index (Phi) is 3.60. The number of benzene rings is 2. The zero-order valence-electron chi connectivity index (χ0n) is 11.5. The van der Waals surface area contributed by atoms with E-state index in [0.29, 0.717) is 18.8 Å². The highest BCUT2D eigenvalue weighted by Gasteiger charge is 2.02. The molecule has 1 aromatic heterocycles. The Morgan fingerprint density at radius 1 is 1.00 bits per heavy atom. The first-order valence-corrected chi connectivity index (χ1v) is 6.80.